The Balaban J connectivity index is 0.00000200. The number of aromatic nitrogens is 1. The number of hydrogen-bond acceptors (Lipinski definition) is 1. The van der Waals surface area contributed by atoms with Gasteiger partial charge in [-0.25, -0.2) is 4.98 Å². The molecular formula is C16H22Cl2N2O. The molecule has 0 saturated heterocycles. The quantitative estimate of drug-likeness (QED) is 0.508. The molecule has 2 rings (SSSR count). The fraction of sp³-hybridized carbons (Fsp3) is 0.312. The number of aromatic amines is 1. The number of pyridine rings is 1. The van der Waals surface area contributed by atoms with Crippen LogP contribution in [0.2, 0.25) is 0 Å². The number of quaternary nitrogens is 1. The topological polar surface area (TPSA) is 40.0 Å². The summed E-state index contributed by atoms with van der Waals surface area (Å²) in [6.45, 7) is 2.01. The maximum atomic E-state index is 5.55. The molecule has 0 radical (unpaired) electrons. The predicted molar refractivity (Wildman–Crippen MR) is 74.6 cm³/mol. The van der Waals surface area contributed by atoms with Crippen LogP contribution in [0.25, 0.3) is 0 Å². The third-order valence-corrected chi connectivity index (χ3v) is 3.23. The number of H-pyrrole nitrogens is 1. The molecule has 1 heterocycles. The number of halogens is 2. The maximum Gasteiger partial charge on any atom is 0.185 e. The highest BCUT2D eigenvalue weighted by molar-refractivity contribution is 5.17. The van der Waals surface area contributed by atoms with Gasteiger partial charge in [0.25, 0.3) is 0 Å². The van der Waals surface area contributed by atoms with Crippen LogP contribution in [-0.4, -0.2) is 20.2 Å². The molecule has 0 bridgehead atoms. The zero-order valence-electron chi connectivity index (χ0n) is 12.1. The van der Waals surface area contributed by atoms with E-state index in [0.717, 1.165) is 19.5 Å². The lowest BCUT2D eigenvalue weighted by molar-refractivity contribution is -0.662. The minimum absolute atomic E-state index is 0. The molecule has 1 unspecified atom stereocenters. The number of rotatable bonds is 7. The van der Waals surface area contributed by atoms with Crippen LogP contribution in [0.4, 0.5) is 0 Å². The van der Waals surface area contributed by atoms with Crippen LogP contribution in [0, 0.1) is 0 Å². The van der Waals surface area contributed by atoms with E-state index in [-0.39, 0.29) is 30.9 Å². The minimum atomic E-state index is 0. The molecule has 5 heteroatoms. The molecular weight excluding hydrogens is 307 g/mol. The summed E-state index contributed by atoms with van der Waals surface area (Å²) in [6, 6.07) is 16.6. The van der Waals surface area contributed by atoms with Crippen molar-refractivity contribution >= 4 is 0 Å². The van der Waals surface area contributed by atoms with Crippen molar-refractivity contribution in [2.75, 3.05) is 20.2 Å². The molecule has 0 fully saturated rings. The van der Waals surface area contributed by atoms with E-state index in [1.165, 1.54) is 11.3 Å². The molecule has 0 saturated carbocycles. The van der Waals surface area contributed by atoms with E-state index in [1.54, 1.807) is 7.11 Å². The molecule has 21 heavy (non-hydrogen) atoms. The van der Waals surface area contributed by atoms with E-state index in [0.29, 0.717) is 0 Å². The Kier molecular flexibility index (Phi) is 10.9. The van der Waals surface area contributed by atoms with E-state index in [4.69, 9.17) is 4.74 Å². The molecule has 0 aliphatic heterocycles. The van der Waals surface area contributed by atoms with Gasteiger partial charge in [0, 0.05) is 19.2 Å². The Hall–Kier alpha value is -1.13. The maximum absolute atomic E-state index is 5.55. The smallest absolute Gasteiger partial charge is 0.185 e. The normalized spacial score (nSPS) is 11.1. The Labute approximate surface area is 139 Å². The van der Waals surface area contributed by atoms with Crippen molar-refractivity contribution < 1.29 is 39.9 Å². The van der Waals surface area contributed by atoms with Gasteiger partial charge in [-0.3, -0.25) is 0 Å². The number of hydrogen-bond donors (Lipinski definition) is 1. The van der Waals surface area contributed by atoms with Crippen molar-refractivity contribution in [3.8, 4) is 0 Å². The second-order valence-electron chi connectivity index (χ2n) is 4.59. The Morgan fingerprint density at radius 2 is 1.76 bits per heavy atom. The van der Waals surface area contributed by atoms with Crippen LogP contribution in [0.5, 0.6) is 0 Å². The molecule has 0 aliphatic rings. The number of nitrogens with one attached hydrogen (secondary N) is 1. The van der Waals surface area contributed by atoms with Crippen molar-refractivity contribution in [3.05, 3.63) is 66.0 Å². The van der Waals surface area contributed by atoms with Gasteiger partial charge in [0.05, 0.1) is 13.0 Å². The molecule has 116 valence electrons. The van der Waals surface area contributed by atoms with Gasteiger partial charge >= 0.3 is 0 Å². The van der Waals surface area contributed by atoms with Gasteiger partial charge in [-0.05, 0) is 5.56 Å². The monoisotopic (exact) mass is 328 g/mol. The van der Waals surface area contributed by atoms with Crippen molar-refractivity contribution in [1.29, 1.82) is 0 Å². The van der Waals surface area contributed by atoms with E-state index in [1.807, 2.05) is 18.3 Å². The molecule has 3 nitrogen and oxygen atoms in total. The molecule has 1 aromatic carbocycles. The minimum Gasteiger partial charge on any atom is -1.00 e. The van der Waals surface area contributed by atoms with Crippen LogP contribution in [0.3, 0.4) is 0 Å². The van der Waals surface area contributed by atoms with Gasteiger partial charge in [0.1, 0.15) is 12.6 Å². The lowest BCUT2D eigenvalue weighted by Gasteiger charge is -2.13. The van der Waals surface area contributed by atoms with E-state index in [9.17, 15) is 0 Å². The summed E-state index contributed by atoms with van der Waals surface area (Å²) in [7, 11) is 1.77. The highest BCUT2D eigenvalue weighted by atomic mass is 35.5. The molecule has 1 atom stereocenters. The first-order valence-corrected chi connectivity index (χ1v) is 6.75. The highest BCUT2D eigenvalue weighted by Crippen LogP contribution is 2.13. The first kappa shape index (κ1) is 19.9. The zero-order chi connectivity index (χ0) is 13.3. The van der Waals surface area contributed by atoms with Crippen LogP contribution < -0.4 is 35.1 Å². The summed E-state index contributed by atoms with van der Waals surface area (Å²) in [5, 5.41) is 2.31. The van der Waals surface area contributed by atoms with Gasteiger partial charge in [0.2, 0.25) is 0 Å². The lowest BCUT2D eigenvalue weighted by Crippen LogP contribution is -3.00. The number of methoxy groups -OCH3 is 1. The third-order valence-electron chi connectivity index (χ3n) is 3.23. The van der Waals surface area contributed by atoms with Crippen LogP contribution in [-0.2, 0) is 11.2 Å². The van der Waals surface area contributed by atoms with Gasteiger partial charge in [-0.2, -0.15) is 0 Å². The van der Waals surface area contributed by atoms with Crippen LogP contribution in [0.1, 0.15) is 17.4 Å². The summed E-state index contributed by atoms with van der Waals surface area (Å²) < 4.78 is 5.55. The Morgan fingerprint density at radius 1 is 1.05 bits per heavy atom. The first-order chi connectivity index (χ1) is 9.40. The number of benzene rings is 1. The lowest BCUT2D eigenvalue weighted by atomic mass is 10.1. The Bertz CT molecular complexity index is 468. The summed E-state index contributed by atoms with van der Waals surface area (Å²) in [5.74, 6) is 0. The largest absolute Gasteiger partial charge is 1.00 e. The first-order valence-electron chi connectivity index (χ1n) is 6.75. The fourth-order valence-electron chi connectivity index (χ4n) is 2.15. The van der Waals surface area contributed by atoms with Crippen molar-refractivity contribution in [1.82, 2.24) is 0 Å². The highest BCUT2D eigenvalue weighted by Gasteiger charge is 2.11. The van der Waals surface area contributed by atoms with Gasteiger partial charge in [-0.15, -0.1) is 0 Å². The average molecular weight is 329 g/mol. The Morgan fingerprint density at radius 3 is 2.38 bits per heavy atom. The van der Waals surface area contributed by atoms with Crippen LogP contribution in [0.15, 0.2) is 54.7 Å². The molecule has 1 aromatic heterocycles. The summed E-state index contributed by atoms with van der Waals surface area (Å²) in [6.07, 6.45) is 3.18. The van der Waals surface area contributed by atoms with Crippen molar-refractivity contribution in [3.63, 3.8) is 0 Å². The molecule has 0 spiro atoms. The van der Waals surface area contributed by atoms with E-state index < -0.39 is 0 Å². The second kappa shape index (κ2) is 11.5. The van der Waals surface area contributed by atoms with Crippen LogP contribution >= 0.6 is 0 Å². The standard InChI is InChI=1S/C16H20N2O.2ClH/c1-19-16(14-7-3-2-4-8-14)13-17-12-10-15-9-5-6-11-18-15;;/h2-9,11,16-17H,10,12-13H2,1H3;2*1H. The molecule has 2 aromatic rings. The second-order valence-corrected chi connectivity index (χ2v) is 4.59. The third kappa shape index (κ3) is 6.91. The summed E-state index contributed by atoms with van der Waals surface area (Å²) >= 11 is 0. The summed E-state index contributed by atoms with van der Waals surface area (Å²) in [5.41, 5.74) is 2.51. The van der Waals surface area contributed by atoms with Gasteiger partial charge < -0.3 is 34.9 Å². The van der Waals surface area contributed by atoms with E-state index >= 15 is 0 Å². The number of nitrogens with two attached hydrogens (primary N) is 1. The summed E-state index contributed by atoms with van der Waals surface area (Å²) in [4.78, 5) is 3.25. The van der Waals surface area contributed by atoms with Gasteiger partial charge in [0.15, 0.2) is 11.9 Å². The predicted octanol–water partition coefficient (Wildman–Crippen LogP) is -5.00. The fourth-order valence-corrected chi connectivity index (χ4v) is 2.15. The zero-order valence-corrected chi connectivity index (χ0v) is 13.6. The van der Waals surface area contributed by atoms with Crippen molar-refractivity contribution in [2.24, 2.45) is 0 Å². The average Bonchev–Trinajstić information content (AvgIpc) is 2.49. The van der Waals surface area contributed by atoms with Gasteiger partial charge in [-0.1, -0.05) is 36.4 Å². The molecule has 3 N–H and O–H groups in total. The van der Waals surface area contributed by atoms with Crippen molar-refractivity contribution in [2.45, 2.75) is 12.5 Å². The molecule has 0 aliphatic carbocycles. The molecule has 0 amide bonds. The number of ether oxygens (including phenoxy) is 1. The SMILES string of the molecule is COC(C[NH2+]CCc1cccc[nH+]1)c1ccccc1.[Cl-].[Cl-]. The van der Waals surface area contributed by atoms with E-state index in [2.05, 4.69) is 46.7 Å².